The molecule has 2 amide bonds. The highest BCUT2D eigenvalue weighted by molar-refractivity contribution is 7.92. The summed E-state index contributed by atoms with van der Waals surface area (Å²) in [6.45, 7) is 5.68. The monoisotopic (exact) mass is 661 g/mol. The first-order valence-corrected chi connectivity index (χ1v) is 17.2. The van der Waals surface area contributed by atoms with Gasteiger partial charge in [0.15, 0.2) is 0 Å². The summed E-state index contributed by atoms with van der Waals surface area (Å²) in [5, 5.41) is 3.38. The highest BCUT2D eigenvalue weighted by Crippen LogP contribution is 2.29. The van der Waals surface area contributed by atoms with E-state index < -0.39 is 28.5 Å². The van der Waals surface area contributed by atoms with E-state index in [9.17, 15) is 18.0 Å². The van der Waals surface area contributed by atoms with Gasteiger partial charge in [0.05, 0.1) is 10.6 Å². The molecule has 0 saturated heterocycles. The number of nitrogens with one attached hydrogen (secondary N) is 1. The van der Waals surface area contributed by atoms with Crippen LogP contribution in [0.3, 0.4) is 0 Å². The van der Waals surface area contributed by atoms with Crippen LogP contribution in [0.4, 0.5) is 5.69 Å². The highest BCUT2D eigenvalue weighted by atomic mass is 35.5. The second kappa shape index (κ2) is 16.3. The minimum absolute atomic E-state index is 0.0283. The van der Waals surface area contributed by atoms with Crippen LogP contribution in [0, 0.1) is 6.92 Å². The minimum atomic E-state index is -4.20. The predicted octanol–water partition coefficient (Wildman–Crippen LogP) is 7.36. The average Bonchev–Trinajstić information content (AvgIpc) is 3.05. The number of para-hydroxylation sites is 1. The number of nitrogens with zero attached hydrogens (tertiary/aromatic N) is 2. The molecule has 0 fully saturated rings. The fourth-order valence-corrected chi connectivity index (χ4v) is 6.52. The van der Waals surface area contributed by atoms with Crippen LogP contribution in [-0.4, -0.2) is 44.3 Å². The highest BCUT2D eigenvalue weighted by Gasteiger charge is 2.34. The number of carbonyl (C=O) groups excluding carboxylic acids is 2. The van der Waals surface area contributed by atoms with E-state index in [1.807, 2.05) is 51.1 Å². The van der Waals surface area contributed by atoms with Gasteiger partial charge in [0, 0.05) is 18.1 Å². The quantitative estimate of drug-likeness (QED) is 0.134. The van der Waals surface area contributed by atoms with Crippen LogP contribution in [0.25, 0.3) is 0 Å². The zero-order valence-corrected chi connectivity index (χ0v) is 27.9. The molecule has 8 nitrogen and oxygen atoms in total. The lowest BCUT2D eigenvalue weighted by Crippen LogP contribution is -2.52. The summed E-state index contributed by atoms with van der Waals surface area (Å²) in [6, 6.07) is 28.5. The molecule has 0 bridgehead atoms. The Morgan fingerprint density at radius 3 is 2.11 bits per heavy atom. The molecule has 4 aromatic carbocycles. The number of aryl methyl sites for hydroxylation is 1. The molecule has 4 aromatic rings. The summed E-state index contributed by atoms with van der Waals surface area (Å²) >= 11 is 6.49. The largest absolute Gasteiger partial charge is 0.457 e. The molecule has 46 heavy (non-hydrogen) atoms. The van der Waals surface area contributed by atoms with E-state index in [0.717, 1.165) is 22.7 Å². The summed E-state index contributed by atoms with van der Waals surface area (Å²) < 4.78 is 35.3. The van der Waals surface area contributed by atoms with Crippen molar-refractivity contribution in [3.63, 3.8) is 0 Å². The molecule has 0 aliphatic rings. The number of hydrogen-bond acceptors (Lipinski definition) is 5. The van der Waals surface area contributed by atoms with Crippen molar-refractivity contribution >= 4 is 39.1 Å². The van der Waals surface area contributed by atoms with Gasteiger partial charge >= 0.3 is 0 Å². The maximum atomic E-state index is 14.3. The molecule has 0 saturated carbocycles. The fourth-order valence-electron chi connectivity index (χ4n) is 4.91. The molecule has 0 radical (unpaired) electrons. The van der Waals surface area contributed by atoms with Crippen molar-refractivity contribution in [3.05, 3.63) is 119 Å². The Labute approximate surface area is 277 Å². The van der Waals surface area contributed by atoms with Crippen LogP contribution in [0.5, 0.6) is 11.5 Å². The van der Waals surface area contributed by atoms with Crippen molar-refractivity contribution in [2.24, 2.45) is 0 Å². The lowest BCUT2D eigenvalue weighted by Gasteiger charge is -2.33. The van der Waals surface area contributed by atoms with Crippen LogP contribution < -0.4 is 14.4 Å². The molecule has 0 aromatic heterocycles. The molecular formula is C36H40ClN3O5S. The van der Waals surface area contributed by atoms with Gasteiger partial charge in [-0.3, -0.25) is 13.9 Å². The van der Waals surface area contributed by atoms with Crippen molar-refractivity contribution in [1.29, 1.82) is 0 Å². The number of rotatable bonds is 15. The summed E-state index contributed by atoms with van der Waals surface area (Å²) in [7, 11) is -4.20. The number of benzene rings is 4. The van der Waals surface area contributed by atoms with Gasteiger partial charge in [-0.2, -0.15) is 0 Å². The Morgan fingerprint density at radius 1 is 0.848 bits per heavy atom. The second-order valence-electron chi connectivity index (χ2n) is 10.9. The van der Waals surface area contributed by atoms with Gasteiger partial charge in [-0.25, -0.2) is 8.42 Å². The fraction of sp³-hybridized carbons (Fsp3) is 0.278. The third-order valence-electron chi connectivity index (χ3n) is 7.51. The predicted molar refractivity (Wildman–Crippen MR) is 183 cm³/mol. The van der Waals surface area contributed by atoms with Crippen LogP contribution in [0.2, 0.25) is 5.02 Å². The molecule has 1 N–H and O–H groups in total. The van der Waals surface area contributed by atoms with Gasteiger partial charge in [0.25, 0.3) is 10.0 Å². The molecule has 0 unspecified atom stereocenters. The third-order valence-corrected chi connectivity index (χ3v) is 9.66. The smallest absolute Gasteiger partial charge is 0.264 e. The number of ether oxygens (including phenoxy) is 1. The number of halogens is 1. The maximum Gasteiger partial charge on any atom is 0.264 e. The number of hydrogen-bond donors (Lipinski definition) is 1. The Kier molecular flexibility index (Phi) is 12.2. The van der Waals surface area contributed by atoms with Crippen molar-refractivity contribution in [3.8, 4) is 11.5 Å². The van der Waals surface area contributed by atoms with Crippen molar-refractivity contribution in [2.75, 3.05) is 17.4 Å². The minimum Gasteiger partial charge on any atom is -0.457 e. The first kappa shape index (κ1) is 34.5. The average molecular weight is 662 g/mol. The van der Waals surface area contributed by atoms with Gasteiger partial charge in [-0.1, -0.05) is 86.0 Å². The Balaban J connectivity index is 1.72. The molecule has 4 rings (SSSR count). The third kappa shape index (κ3) is 8.89. The summed E-state index contributed by atoms with van der Waals surface area (Å²) in [5.41, 5.74) is 1.81. The van der Waals surface area contributed by atoms with Gasteiger partial charge in [0.1, 0.15) is 24.1 Å². The molecule has 0 aliphatic heterocycles. The summed E-state index contributed by atoms with van der Waals surface area (Å²) in [4.78, 5) is 29.1. The Hall–Kier alpha value is -4.34. The van der Waals surface area contributed by atoms with E-state index >= 15 is 0 Å². The first-order chi connectivity index (χ1) is 22.1. The lowest BCUT2D eigenvalue weighted by atomic mass is 10.1. The van der Waals surface area contributed by atoms with E-state index in [2.05, 4.69) is 5.32 Å². The van der Waals surface area contributed by atoms with Crippen molar-refractivity contribution in [2.45, 2.75) is 57.5 Å². The standard InChI is InChI=1S/C36H40ClN3O5S/c1-4-6-24-38-36(42)34(5-2)39(25-28-12-10-11-15-33(28)37)35(41)26-40(46(43,44)32-22-16-27(3)17-23-32)29-18-20-31(21-19-29)45-30-13-8-7-9-14-30/h7-23,34H,4-6,24-26H2,1-3H3,(H,38,42)/t34-/m1/s1. The Morgan fingerprint density at radius 2 is 1.48 bits per heavy atom. The summed E-state index contributed by atoms with van der Waals surface area (Å²) in [6.07, 6.45) is 2.03. The number of sulfonamides is 1. The molecule has 10 heteroatoms. The molecular weight excluding hydrogens is 622 g/mol. The first-order valence-electron chi connectivity index (χ1n) is 15.4. The van der Waals surface area contributed by atoms with Crippen LogP contribution in [0.1, 0.15) is 44.2 Å². The lowest BCUT2D eigenvalue weighted by molar-refractivity contribution is -0.140. The van der Waals surface area contributed by atoms with E-state index in [4.69, 9.17) is 16.3 Å². The Bertz CT molecular complexity index is 1700. The molecule has 0 heterocycles. The van der Waals surface area contributed by atoms with Crippen LogP contribution in [-0.2, 0) is 26.2 Å². The van der Waals surface area contributed by atoms with Crippen molar-refractivity contribution < 1.29 is 22.7 Å². The SMILES string of the molecule is CCCCNC(=O)[C@@H](CC)N(Cc1ccccc1Cl)C(=O)CN(c1ccc(Oc2ccccc2)cc1)S(=O)(=O)c1ccc(C)cc1. The number of unbranched alkanes of at least 4 members (excludes halogenated alkanes) is 1. The maximum absolute atomic E-state index is 14.3. The number of carbonyl (C=O) groups is 2. The van der Waals surface area contributed by atoms with Gasteiger partial charge < -0.3 is 15.0 Å². The van der Waals surface area contributed by atoms with Gasteiger partial charge in [0.2, 0.25) is 11.8 Å². The molecule has 0 spiro atoms. The van der Waals surface area contributed by atoms with E-state index in [0.29, 0.717) is 35.1 Å². The topological polar surface area (TPSA) is 96.0 Å². The van der Waals surface area contributed by atoms with Gasteiger partial charge in [-0.15, -0.1) is 0 Å². The number of anilines is 1. The molecule has 1 atom stereocenters. The van der Waals surface area contributed by atoms with Crippen LogP contribution >= 0.6 is 11.6 Å². The van der Waals surface area contributed by atoms with E-state index in [1.54, 1.807) is 60.7 Å². The molecule has 242 valence electrons. The second-order valence-corrected chi connectivity index (χ2v) is 13.2. The van der Waals surface area contributed by atoms with Crippen LogP contribution in [0.15, 0.2) is 108 Å². The normalized spacial score (nSPS) is 11.8. The van der Waals surface area contributed by atoms with E-state index in [-0.39, 0.29) is 23.0 Å². The zero-order valence-electron chi connectivity index (χ0n) is 26.4. The van der Waals surface area contributed by atoms with E-state index in [1.165, 1.54) is 17.0 Å². The van der Waals surface area contributed by atoms with Crippen molar-refractivity contribution in [1.82, 2.24) is 10.2 Å². The van der Waals surface area contributed by atoms with Gasteiger partial charge in [-0.05, 0) is 79.9 Å². The summed E-state index contributed by atoms with van der Waals surface area (Å²) in [5.74, 6) is 0.293. The zero-order chi connectivity index (χ0) is 33.1. The molecule has 0 aliphatic carbocycles. The number of amides is 2.